The Morgan fingerprint density at radius 2 is 2.10 bits per heavy atom. The maximum absolute atomic E-state index is 12.0. The molecular formula is C16H24N3O2+. The predicted octanol–water partition coefficient (Wildman–Crippen LogP) is 0.989. The normalized spacial score (nSPS) is 12.8. The Labute approximate surface area is 125 Å². The lowest BCUT2D eigenvalue weighted by Crippen LogP contribution is -2.41. The quantitative estimate of drug-likeness (QED) is 0.780. The van der Waals surface area contributed by atoms with Gasteiger partial charge in [-0.15, -0.1) is 0 Å². The predicted molar refractivity (Wildman–Crippen MR) is 81.6 cm³/mol. The molecule has 5 nitrogen and oxygen atoms in total. The SMILES string of the molecule is CC(C)[C@@H](CO)NC(=O)CCn1c[n+](C)c2ccccc21. The molecule has 2 aromatic rings. The molecule has 1 aromatic carbocycles. The van der Waals surface area contributed by atoms with Crippen molar-refractivity contribution in [2.75, 3.05) is 6.61 Å². The number of rotatable bonds is 6. The number of aliphatic hydroxyl groups is 1. The summed E-state index contributed by atoms with van der Waals surface area (Å²) in [6, 6.07) is 7.95. The average molecular weight is 290 g/mol. The van der Waals surface area contributed by atoms with Gasteiger partial charge in [0, 0.05) is 0 Å². The molecule has 0 aliphatic rings. The van der Waals surface area contributed by atoms with Gasteiger partial charge in [-0.05, 0) is 18.1 Å². The summed E-state index contributed by atoms with van der Waals surface area (Å²) in [5.74, 6) is 0.201. The van der Waals surface area contributed by atoms with Gasteiger partial charge in [0.25, 0.3) is 0 Å². The van der Waals surface area contributed by atoms with Crippen LogP contribution < -0.4 is 9.88 Å². The monoisotopic (exact) mass is 290 g/mol. The molecule has 0 aliphatic carbocycles. The van der Waals surface area contributed by atoms with E-state index < -0.39 is 0 Å². The summed E-state index contributed by atoms with van der Waals surface area (Å²) in [4.78, 5) is 12.0. The number of para-hydroxylation sites is 2. The van der Waals surface area contributed by atoms with Crippen LogP contribution in [0.5, 0.6) is 0 Å². The fraction of sp³-hybridized carbons (Fsp3) is 0.500. The van der Waals surface area contributed by atoms with Crippen molar-refractivity contribution in [2.45, 2.75) is 32.9 Å². The van der Waals surface area contributed by atoms with Crippen molar-refractivity contribution in [1.29, 1.82) is 0 Å². The van der Waals surface area contributed by atoms with Gasteiger partial charge in [0.05, 0.1) is 32.7 Å². The maximum atomic E-state index is 12.0. The lowest BCUT2D eigenvalue weighted by atomic mass is 10.1. The molecule has 0 saturated heterocycles. The smallest absolute Gasteiger partial charge is 0.244 e. The van der Waals surface area contributed by atoms with Gasteiger partial charge >= 0.3 is 0 Å². The molecule has 0 fully saturated rings. The second-order valence-corrected chi connectivity index (χ2v) is 5.76. The van der Waals surface area contributed by atoms with Crippen molar-refractivity contribution >= 4 is 16.9 Å². The van der Waals surface area contributed by atoms with Gasteiger partial charge in [-0.3, -0.25) is 4.79 Å². The molecule has 0 unspecified atom stereocenters. The zero-order valence-electron chi connectivity index (χ0n) is 12.9. The topological polar surface area (TPSA) is 58.1 Å². The summed E-state index contributed by atoms with van der Waals surface area (Å²) in [5.41, 5.74) is 2.27. The molecule has 0 aliphatic heterocycles. The maximum Gasteiger partial charge on any atom is 0.244 e. The van der Waals surface area contributed by atoms with Crippen LogP contribution >= 0.6 is 0 Å². The number of aryl methyl sites for hydroxylation is 2. The molecule has 0 saturated carbocycles. The number of carbonyl (C=O) groups excluding carboxylic acids is 1. The Balaban J connectivity index is 2.00. The first kappa shape index (κ1) is 15.5. The first-order chi connectivity index (χ1) is 10.0. The van der Waals surface area contributed by atoms with Crippen LogP contribution in [0.15, 0.2) is 30.6 Å². The second kappa shape index (κ2) is 6.72. The Hall–Kier alpha value is -1.88. The van der Waals surface area contributed by atoms with E-state index in [1.165, 1.54) is 0 Å². The van der Waals surface area contributed by atoms with Crippen molar-refractivity contribution in [1.82, 2.24) is 9.88 Å². The van der Waals surface area contributed by atoms with Gasteiger partial charge in [-0.25, -0.2) is 9.13 Å². The summed E-state index contributed by atoms with van der Waals surface area (Å²) in [6.07, 6.45) is 2.41. The van der Waals surface area contributed by atoms with Crippen molar-refractivity contribution < 1.29 is 14.5 Å². The molecule has 0 bridgehead atoms. The number of hydrogen-bond donors (Lipinski definition) is 2. The third kappa shape index (κ3) is 3.61. The third-order valence-corrected chi connectivity index (χ3v) is 3.81. The lowest BCUT2D eigenvalue weighted by molar-refractivity contribution is -0.645. The third-order valence-electron chi connectivity index (χ3n) is 3.81. The number of fused-ring (bicyclic) bond motifs is 1. The number of nitrogens with one attached hydrogen (secondary N) is 1. The largest absolute Gasteiger partial charge is 0.394 e. The highest BCUT2D eigenvalue weighted by atomic mass is 16.3. The van der Waals surface area contributed by atoms with Gasteiger partial charge in [0.1, 0.15) is 0 Å². The van der Waals surface area contributed by atoms with E-state index in [-0.39, 0.29) is 24.5 Å². The molecule has 21 heavy (non-hydrogen) atoms. The average Bonchev–Trinajstić information content (AvgIpc) is 2.79. The van der Waals surface area contributed by atoms with Crippen molar-refractivity contribution in [3.05, 3.63) is 30.6 Å². The molecule has 2 N–H and O–H groups in total. The van der Waals surface area contributed by atoms with E-state index >= 15 is 0 Å². The zero-order chi connectivity index (χ0) is 15.4. The Kier molecular flexibility index (Phi) is 4.96. The van der Waals surface area contributed by atoms with Crippen LogP contribution in [-0.2, 0) is 18.4 Å². The molecule has 0 spiro atoms. The molecule has 0 radical (unpaired) electrons. The van der Waals surface area contributed by atoms with E-state index in [9.17, 15) is 9.90 Å². The zero-order valence-corrected chi connectivity index (χ0v) is 12.9. The van der Waals surface area contributed by atoms with Crippen LogP contribution in [-0.4, -0.2) is 28.2 Å². The Morgan fingerprint density at radius 3 is 2.76 bits per heavy atom. The number of hydrogen-bond acceptors (Lipinski definition) is 2. The van der Waals surface area contributed by atoms with Crippen molar-refractivity contribution in [3.63, 3.8) is 0 Å². The molecule has 1 atom stereocenters. The highest BCUT2D eigenvalue weighted by Gasteiger charge is 2.17. The fourth-order valence-corrected chi connectivity index (χ4v) is 2.44. The first-order valence-electron chi connectivity index (χ1n) is 7.36. The number of imidazole rings is 1. The van der Waals surface area contributed by atoms with Crippen LogP contribution in [0.25, 0.3) is 11.0 Å². The summed E-state index contributed by atoms with van der Waals surface area (Å²) in [5, 5.41) is 12.1. The number of benzene rings is 1. The number of nitrogens with zero attached hydrogens (tertiary/aromatic N) is 2. The van der Waals surface area contributed by atoms with Gasteiger partial charge < -0.3 is 10.4 Å². The molecule has 114 valence electrons. The number of aromatic nitrogens is 2. The van der Waals surface area contributed by atoms with E-state index in [0.717, 1.165) is 11.0 Å². The van der Waals surface area contributed by atoms with Crippen LogP contribution in [0, 0.1) is 5.92 Å². The minimum absolute atomic E-state index is 0.0230. The van der Waals surface area contributed by atoms with Gasteiger partial charge in [-0.2, -0.15) is 0 Å². The van der Waals surface area contributed by atoms with E-state index in [1.54, 1.807) is 0 Å². The van der Waals surface area contributed by atoms with E-state index in [0.29, 0.717) is 13.0 Å². The second-order valence-electron chi connectivity index (χ2n) is 5.76. The highest BCUT2D eigenvalue weighted by Crippen LogP contribution is 2.10. The van der Waals surface area contributed by atoms with E-state index in [1.807, 2.05) is 39.4 Å². The summed E-state index contributed by atoms with van der Waals surface area (Å²) in [7, 11) is 2.00. The Morgan fingerprint density at radius 1 is 1.38 bits per heavy atom. The molecule has 1 amide bonds. The van der Waals surface area contributed by atoms with E-state index in [2.05, 4.69) is 26.6 Å². The molecular weight excluding hydrogens is 266 g/mol. The summed E-state index contributed by atoms with van der Waals surface area (Å²) < 4.78 is 4.14. The van der Waals surface area contributed by atoms with Gasteiger partial charge in [0.2, 0.25) is 12.2 Å². The highest BCUT2D eigenvalue weighted by molar-refractivity contribution is 5.77. The van der Waals surface area contributed by atoms with Gasteiger partial charge in [-0.1, -0.05) is 26.0 Å². The summed E-state index contributed by atoms with van der Waals surface area (Å²) in [6.45, 7) is 4.58. The van der Waals surface area contributed by atoms with Crippen LogP contribution in [0.4, 0.5) is 0 Å². The van der Waals surface area contributed by atoms with Crippen LogP contribution in [0.1, 0.15) is 20.3 Å². The standard InChI is InChI=1S/C16H23N3O2/c1-12(2)13(10-20)17-16(21)8-9-19-11-18(3)14-6-4-5-7-15(14)19/h4-7,11-13,20H,8-10H2,1-3H3/p+1/t13-/m1/s1. The minimum atomic E-state index is -0.171. The minimum Gasteiger partial charge on any atom is -0.394 e. The Bertz CT molecular complexity index is 619. The number of aliphatic hydroxyl groups excluding tert-OH is 1. The van der Waals surface area contributed by atoms with E-state index in [4.69, 9.17) is 0 Å². The first-order valence-corrected chi connectivity index (χ1v) is 7.36. The van der Waals surface area contributed by atoms with Crippen molar-refractivity contribution in [2.24, 2.45) is 13.0 Å². The molecule has 5 heteroatoms. The summed E-state index contributed by atoms with van der Waals surface area (Å²) >= 11 is 0. The van der Waals surface area contributed by atoms with Crippen LogP contribution in [0.3, 0.4) is 0 Å². The molecule has 2 rings (SSSR count). The van der Waals surface area contributed by atoms with Crippen molar-refractivity contribution in [3.8, 4) is 0 Å². The number of amides is 1. The molecule has 1 aromatic heterocycles. The fourth-order valence-electron chi connectivity index (χ4n) is 2.44. The molecule has 1 heterocycles. The number of carbonyl (C=O) groups is 1. The van der Waals surface area contributed by atoms with Crippen LogP contribution in [0.2, 0.25) is 0 Å². The van der Waals surface area contributed by atoms with Gasteiger partial charge in [0.15, 0.2) is 11.0 Å². The lowest BCUT2D eigenvalue weighted by Gasteiger charge is -2.19.